The van der Waals surface area contributed by atoms with Gasteiger partial charge >= 0.3 is 0 Å². The maximum Gasteiger partial charge on any atom is 0.267 e. The van der Waals surface area contributed by atoms with Crippen LogP contribution in [0, 0.1) is 0 Å². The molecular weight excluding hydrogens is 322 g/mol. The molecule has 1 aromatic rings. The number of aromatic amines is 1. The number of carbonyl (C=O) groups is 1. The number of halogens is 1. The predicted molar refractivity (Wildman–Crippen MR) is 81.6 cm³/mol. The van der Waals surface area contributed by atoms with Gasteiger partial charge in [-0.2, -0.15) is 0 Å². The van der Waals surface area contributed by atoms with Gasteiger partial charge in [-0.05, 0) is 54.1 Å². The Hall–Kier alpha value is -0.850. The van der Waals surface area contributed by atoms with Crippen LogP contribution in [0.5, 0.6) is 0 Å². The molecule has 0 spiro atoms. The Balaban J connectivity index is 1.54. The maximum absolute atomic E-state index is 11.7. The van der Waals surface area contributed by atoms with Gasteiger partial charge in [0.2, 0.25) is 0 Å². The van der Waals surface area contributed by atoms with Crippen LogP contribution in [-0.2, 0) is 4.74 Å². The summed E-state index contributed by atoms with van der Waals surface area (Å²) in [5.74, 6) is -0.0839. The van der Waals surface area contributed by atoms with Crippen molar-refractivity contribution in [3.05, 3.63) is 22.4 Å². The van der Waals surface area contributed by atoms with Gasteiger partial charge in [-0.25, -0.2) is 0 Å². The van der Waals surface area contributed by atoms with Crippen molar-refractivity contribution in [1.29, 1.82) is 0 Å². The van der Waals surface area contributed by atoms with E-state index < -0.39 is 0 Å². The van der Waals surface area contributed by atoms with E-state index >= 15 is 0 Å². The molecule has 1 heterocycles. The topological polar surface area (TPSA) is 80.1 Å². The van der Waals surface area contributed by atoms with Crippen LogP contribution in [0.15, 0.2) is 16.7 Å². The lowest BCUT2D eigenvalue weighted by molar-refractivity contribution is 0.0241. The fourth-order valence-electron chi connectivity index (χ4n) is 2.37. The normalized spacial score (nSPS) is 22.7. The minimum atomic E-state index is -0.0839. The van der Waals surface area contributed by atoms with E-state index in [2.05, 4.69) is 26.2 Å². The van der Waals surface area contributed by atoms with E-state index in [1.807, 2.05) is 0 Å². The molecule has 0 aliphatic heterocycles. The Morgan fingerprint density at radius 1 is 1.45 bits per heavy atom. The number of amides is 1. The van der Waals surface area contributed by atoms with Crippen LogP contribution in [0.4, 0.5) is 0 Å². The molecule has 0 radical (unpaired) electrons. The number of hydrogen-bond acceptors (Lipinski definition) is 3. The molecular formula is C14H22BrN3O2. The highest BCUT2D eigenvalue weighted by Gasteiger charge is 2.18. The lowest BCUT2D eigenvalue weighted by Gasteiger charge is -2.26. The van der Waals surface area contributed by atoms with E-state index in [0.717, 1.165) is 36.6 Å². The largest absolute Gasteiger partial charge is 0.378 e. The summed E-state index contributed by atoms with van der Waals surface area (Å²) in [4.78, 5) is 14.6. The van der Waals surface area contributed by atoms with Crippen molar-refractivity contribution in [1.82, 2.24) is 10.3 Å². The first-order valence-electron chi connectivity index (χ1n) is 7.14. The van der Waals surface area contributed by atoms with Crippen LogP contribution in [-0.4, -0.2) is 36.2 Å². The number of ether oxygens (including phenoxy) is 1. The Kier molecular flexibility index (Phi) is 6.06. The smallest absolute Gasteiger partial charge is 0.267 e. The van der Waals surface area contributed by atoms with Gasteiger partial charge in [0.15, 0.2) is 0 Å². The summed E-state index contributed by atoms with van der Waals surface area (Å²) in [6.07, 6.45) is 7.16. The fourth-order valence-corrected chi connectivity index (χ4v) is 2.72. The van der Waals surface area contributed by atoms with Gasteiger partial charge in [-0.1, -0.05) is 0 Å². The van der Waals surface area contributed by atoms with E-state index in [1.165, 1.54) is 0 Å². The molecule has 0 saturated heterocycles. The molecule has 1 aliphatic rings. The lowest BCUT2D eigenvalue weighted by Crippen LogP contribution is -2.31. The maximum atomic E-state index is 11.7. The molecule has 5 nitrogen and oxygen atoms in total. The molecule has 6 heteroatoms. The van der Waals surface area contributed by atoms with Crippen molar-refractivity contribution in [2.75, 3.05) is 13.2 Å². The first kappa shape index (κ1) is 15.5. The Morgan fingerprint density at radius 3 is 2.85 bits per heavy atom. The molecule has 1 amide bonds. The van der Waals surface area contributed by atoms with Crippen LogP contribution < -0.4 is 11.1 Å². The molecule has 0 aromatic carbocycles. The van der Waals surface area contributed by atoms with Gasteiger partial charge in [0.1, 0.15) is 5.69 Å². The summed E-state index contributed by atoms with van der Waals surface area (Å²) in [6, 6.07) is 2.12. The summed E-state index contributed by atoms with van der Waals surface area (Å²) >= 11 is 3.30. The van der Waals surface area contributed by atoms with Gasteiger partial charge < -0.3 is 20.8 Å². The predicted octanol–water partition coefficient (Wildman–Crippen LogP) is 2.18. The van der Waals surface area contributed by atoms with Crippen LogP contribution in [0.3, 0.4) is 0 Å². The quantitative estimate of drug-likeness (QED) is 0.692. The van der Waals surface area contributed by atoms with Crippen LogP contribution in [0.2, 0.25) is 0 Å². The molecule has 4 N–H and O–H groups in total. The number of carbonyl (C=O) groups excluding carboxylic acids is 1. The van der Waals surface area contributed by atoms with E-state index in [9.17, 15) is 4.79 Å². The molecule has 0 unspecified atom stereocenters. The van der Waals surface area contributed by atoms with Crippen molar-refractivity contribution < 1.29 is 9.53 Å². The molecule has 0 bridgehead atoms. The number of nitrogens with two attached hydrogens (primary N) is 1. The Morgan fingerprint density at radius 2 is 2.20 bits per heavy atom. The summed E-state index contributed by atoms with van der Waals surface area (Å²) in [5, 5.41) is 2.87. The van der Waals surface area contributed by atoms with Crippen molar-refractivity contribution in [2.45, 2.75) is 44.2 Å². The molecule has 20 heavy (non-hydrogen) atoms. The molecule has 1 aliphatic carbocycles. The van der Waals surface area contributed by atoms with E-state index in [-0.39, 0.29) is 5.91 Å². The van der Waals surface area contributed by atoms with Gasteiger partial charge in [0, 0.05) is 29.9 Å². The second kappa shape index (κ2) is 7.81. The van der Waals surface area contributed by atoms with Crippen molar-refractivity contribution in [2.24, 2.45) is 5.73 Å². The van der Waals surface area contributed by atoms with Crippen LogP contribution in [0.1, 0.15) is 42.6 Å². The standard InChI is InChI=1S/C14H22BrN3O2/c15-10-8-13(18-9-10)14(19)17-6-1-7-20-12-4-2-11(16)3-5-12/h8-9,11-12,18H,1-7,16H2,(H,17,19). The van der Waals surface area contributed by atoms with E-state index in [0.29, 0.717) is 31.0 Å². The van der Waals surface area contributed by atoms with Crippen molar-refractivity contribution in [3.63, 3.8) is 0 Å². The van der Waals surface area contributed by atoms with Crippen LogP contribution in [0.25, 0.3) is 0 Å². The zero-order chi connectivity index (χ0) is 14.4. The average Bonchev–Trinajstić information content (AvgIpc) is 2.87. The molecule has 112 valence electrons. The summed E-state index contributed by atoms with van der Waals surface area (Å²) in [7, 11) is 0. The summed E-state index contributed by atoms with van der Waals surface area (Å²) < 4.78 is 6.68. The SMILES string of the molecule is NC1CCC(OCCCNC(=O)c2cc(Br)c[nH]2)CC1. The number of aromatic nitrogens is 1. The zero-order valence-corrected chi connectivity index (χ0v) is 13.1. The van der Waals surface area contributed by atoms with Gasteiger partial charge in [0.25, 0.3) is 5.91 Å². The second-order valence-electron chi connectivity index (χ2n) is 5.25. The third-order valence-electron chi connectivity index (χ3n) is 3.57. The second-order valence-corrected chi connectivity index (χ2v) is 6.16. The Labute approximate surface area is 127 Å². The minimum absolute atomic E-state index is 0.0839. The molecule has 1 saturated carbocycles. The Bertz CT molecular complexity index is 428. The number of rotatable bonds is 6. The molecule has 0 atom stereocenters. The number of H-pyrrole nitrogens is 1. The highest BCUT2D eigenvalue weighted by molar-refractivity contribution is 9.10. The fraction of sp³-hybridized carbons (Fsp3) is 0.643. The third kappa shape index (κ3) is 4.92. The van der Waals surface area contributed by atoms with Gasteiger partial charge in [0.05, 0.1) is 6.10 Å². The molecule has 1 aromatic heterocycles. The van der Waals surface area contributed by atoms with Gasteiger partial charge in [-0.3, -0.25) is 4.79 Å². The summed E-state index contributed by atoms with van der Waals surface area (Å²) in [6.45, 7) is 1.32. The number of nitrogens with one attached hydrogen (secondary N) is 2. The molecule has 1 fully saturated rings. The monoisotopic (exact) mass is 343 g/mol. The van der Waals surface area contributed by atoms with Crippen LogP contribution >= 0.6 is 15.9 Å². The van der Waals surface area contributed by atoms with E-state index in [1.54, 1.807) is 12.3 Å². The first-order chi connectivity index (χ1) is 9.65. The molecule has 2 rings (SSSR count). The average molecular weight is 344 g/mol. The zero-order valence-electron chi connectivity index (χ0n) is 11.5. The highest BCUT2D eigenvalue weighted by Crippen LogP contribution is 2.19. The third-order valence-corrected chi connectivity index (χ3v) is 4.03. The lowest BCUT2D eigenvalue weighted by atomic mass is 9.94. The minimum Gasteiger partial charge on any atom is -0.378 e. The first-order valence-corrected chi connectivity index (χ1v) is 7.94. The highest BCUT2D eigenvalue weighted by atomic mass is 79.9. The van der Waals surface area contributed by atoms with E-state index in [4.69, 9.17) is 10.5 Å². The van der Waals surface area contributed by atoms with Crippen molar-refractivity contribution in [3.8, 4) is 0 Å². The summed E-state index contributed by atoms with van der Waals surface area (Å²) in [5.41, 5.74) is 6.42. The van der Waals surface area contributed by atoms with Crippen molar-refractivity contribution >= 4 is 21.8 Å². The number of hydrogen-bond donors (Lipinski definition) is 3. The van der Waals surface area contributed by atoms with Gasteiger partial charge in [-0.15, -0.1) is 0 Å².